The van der Waals surface area contributed by atoms with Gasteiger partial charge in [-0.15, -0.1) is 0 Å². The van der Waals surface area contributed by atoms with Gasteiger partial charge in [0.1, 0.15) is 5.82 Å². The molecule has 5 nitrogen and oxygen atoms in total. The quantitative estimate of drug-likeness (QED) is 0.887. The zero-order valence-electron chi connectivity index (χ0n) is 13.4. The molecule has 1 aromatic heterocycles. The van der Waals surface area contributed by atoms with E-state index < -0.39 is 0 Å². The summed E-state index contributed by atoms with van der Waals surface area (Å²) in [7, 11) is 0. The number of nitrogens with zero attached hydrogens (tertiary/aromatic N) is 2. The van der Waals surface area contributed by atoms with Gasteiger partial charge in [-0.25, -0.2) is 9.18 Å². The van der Waals surface area contributed by atoms with Crippen molar-refractivity contribution in [2.24, 2.45) is 0 Å². The number of amides is 2. The molecule has 2 heterocycles. The molecule has 0 spiro atoms. The summed E-state index contributed by atoms with van der Waals surface area (Å²) in [5, 5.41) is 5.69. The van der Waals surface area contributed by atoms with Gasteiger partial charge in [-0.05, 0) is 42.8 Å². The van der Waals surface area contributed by atoms with E-state index in [0.29, 0.717) is 5.69 Å². The van der Waals surface area contributed by atoms with Crippen molar-refractivity contribution in [1.82, 2.24) is 15.2 Å². The first kappa shape index (κ1) is 16.4. The second kappa shape index (κ2) is 7.88. The average molecular weight is 328 g/mol. The summed E-state index contributed by atoms with van der Waals surface area (Å²) in [5.41, 5.74) is 1.67. The van der Waals surface area contributed by atoms with E-state index in [-0.39, 0.29) is 17.9 Å². The van der Waals surface area contributed by atoms with Gasteiger partial charge in [0, 0.05) is 49.7 Å². The van der Waals surface area contributed by atoms with E-state index in [1.807, 2.05) is 24.4 Å². The van der Waals surface area contributed by atoms with Crippen LogP contribution in [-0.4, -0.2) is 41.6 Å². The number of hydrogen-bond donors (Lipinski definition) is 2. The lowest BCUT2D eigenvalue weighted by Gasteiger charge is -2.16. The highest BCUT2D eigenvalue weighted by molar-refractivity contribution is 5.89. The van der Waals surface area contributed by atoms with Crippen LogP contribution in [0.5, 0.6) is 0 Å². The fourth-order valence-electron chi connectivity index (χ4n) is 2.86. The van der Waals surface area contributed by atoms with Crippen molar-refractivity contribution in [3.63, 3.8) is 0 Å². The van der Waals surface area contributed by atoms with E-state index in [9.17, 15) is 9.18 Å². The monoisotopic (exact) mass is 328 g/mol. The molecule has 1 saturated heterocycles. The number of likely N-dealkylation sites (tertiary alicyclic amines) is 1. The molecule has 2 aromatic rings. The zero-order chi connectivity index (χ0) is 16.8. The molecule has 6 heteroatoms. The number of halogens is 1. The van der Waals surface area contributed by atoms with Gasteiger partial charge in [-0.1, -0.05) is 6.07 Å². The summed E-state index contributed by atoms with van der Waals surface area (Å²) in [4.78, 5) is 18.7. The Morgan fingerprint density at radius 3 is 2.83 bits per heavy atom. The number of carbonyl (C=O) groups is 1. The first-order chi connectivity index (χ1) is 11.7. The minimum absolute atomic E-state index is 0.134. The molecule has 126 valence electrons. The molecule has 1 aliphatic heterocycles. The summed E-state index contributed by atoms with van der Waals surface area (Å²) in [5.74, 6) is -0.319. The minimum atomic E-state index is -0.319. The Hall–Kier alpha value is -2.47. The molecular formula is C18H21FN4O. The molecule has 1 atom stereocenters. The summed E-state index contributed by atoms with van der Waals surface area (Å²) < 4.78 is 12.9. The molecule has 2 amide bonds. The molecule has 3 rings (SSSR count). The van der Waals surface area contributed by atoms with Gasteiger partial charge in [0.25, 0.3) is 0 Å². The molecule has 0 radical (unpaired) electrons. The summed E-state index contributed by atoms with van der Waals surface area (Å²) >= 11 is 0. The minimum Gasteiger partial charge on any atom is -0.334 e. The molecule has 0 bridgehead atoms. The lowest BCUT2D eigenvalue weighted by Crippen LogP contribution is -2.39. The van der Waals surface area contributed by atoms with Crippen LogP contribution in [0.25, 0.3) is 0 Å². The maximum atomic E-state index is 12.9. The van der Waals surface area contributed by atoms with Gasteiger partial charge < -0.3 is 15.5 Å². The highest BCUT2D eigenvalue weighted by Gasteiger charge is 2.23. The normalized spacial score (nSPS) is 17.6. The Balaban J connectivity index is 1.40. The number of pyridine rings is 1. The summed E-state index contributed by atoms with van der Waals surface area (Å²) in [6.45, 7) is 2.74. The molecule has 1 unspecified atom stereocenters. The topological polar surface area (TPSA) is 57.3 Å². The Morgan fingerprint density at radius 1 is 1.25 bits per heavy atom. The maximum absolute atomic E-state index is 12.9. The number of anilines is 1. The largest absolute Gasteiger partial charge is 0.334 e. The van der Waals surface area contributed by atoms with Gasteiger partial charge >= 0.3 is 6.03 Å². The average Bonchev–Trinajstić information content (AvgIpc) is 3.03. The Labute approximate surface area is 140 Å². The number of aromatic nitrogens is 1. The first-order valence-corrected chi connectivity index (χ1v) is 8.14. The Bertz CT molecular complexity index is 662. The van der Waals surface area contributed by atoms with Crippen LogP contribution in [0.4, 0.5) is 14.9 Å². The third-order valence-electron chi connectivity index (χ3n) is 4.12. The highest BCUT2D eigenvalue weighted by Crippen LogP contribution is 2.11. The van der Waals surface area contributed by atoms with Crippen molar-refractivity contribution >= 4 is 11.7 Å². The highest BCUT2D eigenvalue weighted by atomic mass is 19.1. The number of nitrogens with one attached hydrogen (secondary N) is 2. The number of benzene rings is 1. The molecule has 2 N–H and O–H groups in total. The van der Waals surface area contributed by atoms with E-state index in [1.165, 1.54) is 12.1 Å². The van der Waals surface area contributed by atoms with Crippen molar-refractivity contribution in [3.8, 4) is 0 Å². The molecule has 0 aliphatic carbocycles. The predicted octanol–water partition coefficient (Wildman–Crippen LogP) is 2.66. The third-order valence-corrected chi connectivity index (χ3v) is 4.12. The molecular weight excluding hydrogens is 307 g/mol. The number of urea groups is 1. The molecule has 1 aromatic carbocycles. The second-order valence-corrected chi connectivity index (χ2v) is 5.96. The van der Waals surface area contributed by atoms with Crippen molar-refractivity contribution in [2.45, 2.75) is 18.9 Å². The smallest absolute Gasteiger partial charge is 0.319 e. The van der Waals surface area contributed by atoms with Crippen LogP contribution in [0, 0.1) is 5.82 Å². The lowest BCUT2D eigenvalue weighted by atomic mass is 10.2. The predicted molar refractivity (Wildman–Crippen MR) is 91.3 cm³/mol. The van der Waals surface area contributed by atoms with Crippen LogP contribution in [-0.2, 0) is 6.42 Å². The lowest BCUT2D eigenvalue weighted by molar-refractivity contribution is 0.247. The van der Waals surface area contributed by atoms with E-state index in [1.54, 1.807) is 12.1 Å². The zero-order valence-corrected chi connectivity index (χ0v) is 13.4. The molecule has 0 saturated carbocycles. The second-order valence-electron chi connectivity index (χ2n) is 5.96. The molecule has 1 fully saturated rings. The van der Waals surface area contributed by atoms with Gasteiger partial charge in [0.05, 0.1) is 0 Å². The number of hydrogen-bond acceptors (Lipinski definition) is 3. The van der Waals surface area contributed by atoms with E-state index in [4.69, 9.17) is 0 Å². The van der Waals surface area contributed by atoms with Crippen LogP contribution < -0.4 is 10.6 Å². The molecule has 24 heavy (non-hydrogen) atoms. The van der Waals surface area contributed by atoms with E-state index >= 15 is 0 Å². The van der Waals surface area contributed by atoms with E-state index in [0.717, 1.165) is 38.2 Å². The van der Waals surface area contributed by atoms with Crippen LogP contribution >= 0.6 is 0 Å². The fourth-order valence-corrected chi connectivity index (χ4v) is 2.86. The van der Waals surface area contributed by atoms with Gasteiger partial charge in [-0.2, -0.15) is 0 Å². The van der Waals surface area contributed by atoms with Gasteiger partial charge in [0.2, 0.25) is 0 Å². The van der Waals surface area contributed by atoms with Crippen LogP contribution in [0.15, 0.2) is 48.7 Å². The van der Waals surface area contributed by atoms with Crippen LogP contribution in [0.1, 0.15) is 12.1 Å². The fraction of sp³-hybridized carbons (Fsp3) is 0.333. The van der Waals surface area contributed by atoms with Crippen LogP contribution in [0.3, 0.4) is 0 Å². The third kappa shape index (κ3) is 4.76. The Morgan fingerprint density at radius 2 is 2.08 bits per heavy atom. The van der Waals surface area contributed by atoms with Crippen molar-refractivity contribution < 1.29 is 9.18 Å². The summed E-state index contributed by atoms with van der Waals surface area (Å²) in [6.07, 6.45) is 3.65. The number of carbonyl (C=O) groups excluding carboxylic acids is 1. The number of rotatable bonds is 5. The maximum Gasteiger partial charge on any atom is 0.319 e. The van der Waals surface area contributed by atoms with Crippen molar-refractivity contribution in [2.75, 3.05) is 25.0 Å². The first-order valence-electron chi connectivity index (χ1n) is 8.14. The van der Waals surface area contributed by atoms with Gasteiger partial charge in [0.15, 0.2) is 0 Å². The standard InChI is InChI=1S/C18H21FN4O/c19-14-4-6-16(7-5-14)21-18(24)22-17-9-12-23(13-17)11-8-15-3-1-2-10-20-15/h1-7,10,17H,8-9,11-13H2,(H2,21,22,24). The Kier molecular flexibility index (Phi) is 5.38. The molecule has 1 aliphatic rings. The SMILES string of the molecule is O=C(Nc1ccc(F)cc1)NC1CCN(CCc2ccccn2)C1. The van der Waals surface area contributed by atoms with Crippen molar-refractivity contribution in [3.05, 3.63) is 60.2 Å². The van der Waals surface area contributed by atoms with Crippen molar-refractivity contribution in [1.29, 1.82) is 0 Å². The van der Waals surface area contributed by atoms with Gasteiger partial charge in [-0.3, -0.25) is 4.98 Å². The summed E-state index contributed by atoms with van der Waals surface area (Å²) in [6, 6.07) is 11.6. The van der Waals surface area contributed by atoms with E-state index in [2.05, 4.69) is 20.5 Å². The van der Waals surface area contributed by atoms with Crippen LogP contribution in [0.2, 0.25) is 0 Å².